The molecule has 0 bridgehead atoms. The number of pyridine rings is 1. The van der Waals surface area contributed by atoms with Crippen LogP contribution in [-0.4, -0.2) is 36.8 Å². The normalized spacial score (nSPS) is 11.1. The first-order valence-electron chi connectivity index (χ1n) is 5.09. The van der Waals surface area contributed by atoms with E-state index in [-0.39, 0.29) is 6.54 Å². The van der Waals surface area contributed by atoms with Gasteiger partial charge in [-0.2, -0.15) is 0 Å². The Bertz CT molecular complexity index is 472. The van der Waals surface area contributed by atoms with Gasteiger partial charge in [-0.3, -0.25) is 14.1 Å². The first kappa shape index (κ1) is 13.4. The third-order valence-electron chi connectivity index (χ3n) is 2.15. The van der Waals surface area contributed by atoms with Crippen LogP contribution >= 0.6 is 0 Å². The second-order valence-electron chi connectivity index (χ2n) is 3.33. The summed E-state index contributed by atoms with van der Waals surface area (Å²) < 4.78 is 25.0. The van der Waals surface area contributed by atoms with Crippen molar-refractivity contribution in [2.45, 2.75) is 13.3 Å². The van der Waals surface area contributed by atoms with E-state index < -0.39 is 28.2 Å². The number of carbonyl (C=O) groups is 1. The summed E-state index contributed by atoms with van der Waals surface area (Å²) >= 11 is 0. The highest BCUT2D eigenvalue weighted by Crippen LogP contribution is 2.17. The molecule has 0 unspecified atom stereocenters. The second-order valence-corrected chi connectivity index (χ2v) is 5.34. The number of carboxylic acid groups (broad SMARTS) is 1. The van der Waals surface area contributed by atoms with E-state index >= 15 is 0 Å². The molecule has 6 nitrogen and oxygen atoms in total. The standard InChI is InChI=1S/C10H14N2O4S/c1-2-12(9-3-6-11-7-4-9)17(15,16)8-5-10(13)14/h3-4,6-7H,2,5,8H2,1H3,(H,13,14). The van der Waals surface area contributed by atoms with E-state index in [1.54, 1.807) is 19.1 Å². The van der Waals surface area contributed by atoms with E-state index in [0.717, 1.165) is 0 Å². The van der Waals surface area contributed by atoms with Crippen LogP contribution in [0.5, 0.6) is 0 Å². The summed E-state index contributed by atoms with van der Waals surface area (Å²) in [4.78, 5) is 14.2. The minimum atomic E-state index is -3.60. The van der Waals surface area contributed by atoms with Crippen LogP contribution in [0, 0.1) is 0 Å². The maximum Gasteiger partial charge on any atom is 0.304 e. The zero-order chi connectivity index (χ0) is 12.9. The van der Waals surface area contributed by atoms with Crippen LogP contribution < -0.4 is 4.31 Å². The lowest BCUT2D eigenvalue weighted by Gasteiger charge is -2.22. The van der Waals surface area contributed by atoms with Crippen LogP contribution in [0.4, 0.5) is 5.69 Å². The molecule has 0 radical (unpaired) electrons. The lowest BCUT2D eigenvalue weighted by atomic mass is 10.4. The van der Waals surface area contributed by atoms with E-state index in [2.05, 4.69) is 4.98 Å². The second kappa shape index (κ2) is 5.62. The molecule has 1 heterocycles. The molecule has 1 aromatic heterocycles. The molecule has 0 atom stereocenters. The molecule has 0 saturated heterocycles. The summed E-state index contributed by atoms with van der Waals surface area (Å²) in [7, 11) is -3.60. The first-order valence-corrected chi connectivity index (χ1v) is 6.70. The molecule has 1 N–H and O–H groups in total. The van der Waals surface area contributed by atoms with E-state index in [0.29, 0.717) is 5.69 Å². The molecule has 0 saturated carbocycles. The van der Waals surface area contributed by atoms with Gasteiger partial charge in [-0.05, 0) is 19.1 Å². The predicted molar refractivity (Wildman–Crippen MR) is 63.3 cm³/mol. The summed E-state index contributed by atoms with van der Waals surface area (Å²) in [5.74, 6) is -1.53. The Morgan fingerprint density at radius 3 is 2.47 bits per heavy atom. The van der Waals surface area contributed by atoms with Gasteiger partial charge in [0, 0.05) is 18.9 Å². The fourth-order valence-corrected chi connectivity index (χ4v) is 2.87. The quantitative estimate of drug-likeness (QED) is 0.812. The summed E-state index contributed by atoms with van der Waals surface area (Å²) in [6.45, 7) is 1.95. The Balaban J connectivity index is 2.91. The topological polar surface area (TPSA) is 87.6 Å². The largest absolute Gasteiger partial charge is 0.481 e. The van der Waals surface area contributed by atoms with Crippen molar-refractivity contribution in [3.63, 3.8) is 0 Å². The van der Waals surface area contributed by atoms with E-state index in [4.69, 9.17) is 5.11 Å². The molecule has 0 aromatic carbocycles. The number of anilines is 1. The van der Waals surface area contributed by atoms with Gasteiger partial charge < -0.3 is 5.11 Å². The summed E-state index contributed by atoms with van der Waals surface area (Å²) in [6, 6.07) is 3.14. The van der Waals surface area contributed by atoms with Crippen molar-refractivity contribution in [3.8, 4) is 0 Å². The number of aliphatic carboxylic acids is 1. The summed E-state index contributed by atoms with van der Waals surface area (Å²) in [5.41, 5.74) is 0.493. The highest BCUT2D eigenvalue weighted by Gasteiger charge is 2.21. The lowest BCUT2D eigenvalue weighted by molar-refractivity contribution is -0.136. The SMILES string of the molecule is CCN(c1ccncc1)S(=O)(=O)CCC(=O)O. The number of sulfonamides is 1. The van der Waals surface area contributed by atoms with Gasteiger partial charge in [0.05, 0.1) is 17.9 Å². The molecule has 0 amide bonds. The molecular formula is C10H14N2O4S. The van der Waals surface area contributed by atoms with E-state index in [1.165, 1.54) is 16.7 Å². The smallest absolute Gasteiger partial charge is 0.304 e. The Labute approximate surface area is 100.0 Å². The number of aromatic nitrogens is 1. The van der Waals surface area contributed by atoms with Crippen LogP contribution in [0.3, 0.4) is 0 Å². The van der Waals surface area contributed by atoms with Crippen molar-refractivity contribution in [3.05, 3.63) is 24.5 Å². The molecule has 0 aliphatic carbocycles. The number of nitrogens with zero attached hydrogens (tertiary/aromatic N) is 2. The van der Waals surface area contributed by atoms with Crippen LogP contribution in [0.15, 0.2) is 24.5 Å². The predicted octanol–water partition coefficient (Wildman–Crippen LogP) is 0.712. The van der Waals surface area contributed by atoms with Crippen LogP contribution in [0.2, 0.25) is 0 Å². The maximum atomic E-state index is 11.9. The number of hydrogen-bond acceptors (Lipinski definition) is 4. The van der Waals surface area contributed by atoms with Crippen molar-refractivity contribution >= 4 is 21.7 Å². The summed E-state index contributed by atoms with van der Waals surface area (Å²) in [6.07, 6.45) is 2.58. The van der Waals surface area contributed by atoms with Crippen molar-refractivity contribution in [2.24, 2.45) is 0 Å². The van der Waals surface area contributed by atoms with Crippen LogP contribution in [0.1, 0.15) is 13.3 Å². The van der Waals surface area contributed by atoms with Gasteiger partial charge >= 0.3 is 5.97 Å². The Morgan fingerprint density at radius 2 is 2.00 bits per heavy atom. The van der Waals surface area contributed by atoms with Gasteiger partial charge in [-0.1, -0.05) is 0 Å². The molecule has 7 heteroatoms. The van der Waals surface area contributed by atoms with Crippen LogP contribution in [-0.2, 0) is 14.8 Å². The third kappa shape index (κ3) is 3.70. The fourth-order valence-electron chi connectivity index (χ4n) is 1.38. The van der Waals surface area contributed by atoms with Gasteiger partial charge in [0.2, 0.25) is 10.0 Å². The molecule has 0 fully saturated rings. The van der Waals surface area contributed by atoms with Gasteiger partial charge in [0.25, 0.3) is 0 Å². The monoisotopic (exact) mass is 258 g/mol. The highest BCUT2D eigenvalue weighted by molar-refractivity contribution is 7.92. The van der Waals surface area contributed by atoms with Gasteiger partial charge in [-0.15, -0.1) is 0 Å². The number of rotatable bonds is 6. The molecule has 0 aliphatic rings. The van der Waals surface area contributed by atoms with Gasteiger partial charge in [0.15, 0.2) is 0 Å². The molecule has 0 aliphatic heterocycles. The van der Waals surface area contributed by atoms with Crippen molar-refractivity contribution < 1.29 is 18.3 Å². The average molecular weight is 258 g/mol. The average Bonchev–Trinajstić information content (AvgIpc) is 2.29. The highest BCUT2D eigenvalue weighted by atomic mass is 32.2. The number of carboxylic acids is 1. The Kier molecular flexibility index (Phi) is 4.45. The Hall–Kier alpha value is -1.63. The van der Waals surface area contributed by atoms with Gasteiger partial charge in [0.1, 0.15) is 0 Å². The number of hydrogen-bond donors (Lipinski definition) is 1. The maximum absolute atomic E-state index is 11.9. The molecular weight excluding hydrogens is 244 g/mol. The van der Waals surface area contributed by atoms with E-state index in [9.17, 15) is 13.2 Å². The van der Waals surface area contributed by atoms with Crippen molar-refractivity contribution in [1.82, 2.24) is 4.98 Å². The minimum Gasteiger partial charge on any atom is -0.481 e. The molecule has 0 spiro atoms. The van der Waals surface area contributed by atoms with Gasteiger partial charge in [-0.25, -0.2) is 8.42 Å². The molecule has 17 heavy (non-hydrogen) atoms. The van der Waals surface area contributed by atoms with E-state index in [1.807, 2.05) is 0 Å². The Morgan fingerprint density at radius 1 is 1.41 bits per heavy atom. The third-order valence-corrected chi connectivity index (χ3v) is 4.01. The molecule has 1 aromatic rings. The fraction of sp³-hybridized carbons (Fsp3) is 0.400. The summed E-state index contributed by atoms with van der Waals surface area (Å²) in [5, 5.41) is 8.51. The van der Waals surface area contributed by atoms with Crippen molar-refractivity contribution in [2.75, 3.05) is 16.6 Å². The van der Waals surface area contributed by atoms with Crippen molar-refractivity contribution in [1.29, 1.82) is 0 Å². The minimum absolute atomic E-state index is 0.256. The van der Waals surface area contributed by atoms with Crippen LogP contribution in [0.25, 0.3) is 0 Å². The molecule has 1 rings (SSSR count). The first-order chi connectivity index (χ1) is 7.97. The molecule has 94 valence electrons. The zero-order valence-corrected chi connectivity index (χ0v) is 10.2. The zero-order valence-electron chi connectivity index (χ0n) is 9.41. The lowest BCUT2D eigenvalue weighted by Crippen LogP contribution is -2.33.